The number of aryl methyl sites for hydroxylation is 1. The first-order chi connectivity index (χ1) is 10.8. The molecule has 1 heteroatoms. The summed E-state index contributed by atoms with van der Waals surface area (Å²) < 4.78 is 0. The summed E-state index contributed by atoms with van der Waals surface area (Å²) in [5.74, 6) is 1.82. The zero-order valence-corrected chi connectivity index (χ0v) is 13.9. The summed E-state index contributed by atoms with van der Waals surface area (Å²) in [5.41, 5.74) is 2.08. The molecule has 0 N–H and O–H groups in total. The second-order valence-corrected chi connectivity index (χ2v) is 6.70. The molecule has 1 aromatic rings. The molecule has 22 heavy (non-hydrogen) atoms. The van der Waals surface area contributed by atoms with E-state index in [2.05, 4.69) is 37.3 Å². The SMILES string of the molecule is CCCCC1CCC(C=CCCc2ccc(C#N)cc2)CC1. The van der Waals surface area contributed by atoms with Crippen LogP contribution < -0.4 is 0 Å². The first-order valence-corrected chi connectivity index (χ1v) is 8.97. The molecule has 1 fully saturated rings. The summed E-state index contributed by atoms with van der Waals surface area (Å²) in [6.45, 7) is 2.29. The van der Waals surface area contributed by atoms with Crippen LogP contribution >= 0.6 is 0 Å². The summed E-state index contributed by atoms with van der Waals surface area (Å²) in [6, 6.07) is 10.1. The molecule has 118 valence electrons. The van der Waals surface area contributed by atoms with Gasteiger partial charge in [0.25, 0.3) is 0 Å². The lowest BCUT2D eigenvalue weighted by atomic mass is 9.79. The van der Waals surface area contributed by atoms with Crippen LogP contribution in [0.25, 0.3) is 0 Å². The molecule has 1 aliphatic rings. The molecular formula is C21H29N. The van der Waals surface area contributed by atoms with Crippen molar-refractivity contribution in [3.8, 4) is 6.07 Å². The molecule has 1 saturated carbocycles. The van der Waals surface area contributed by atoms with Gasteiger partial charge in [0.05, 0.1) is 11.6 Å². The van der Waals surface area contributed by atoms with Gasteiger partial charge >= 0.3 is 0 Å². The second kappa shape index (κ2) is 9.46. The Hall–Kier alpha value is -1.55. The molecular weight excluding hydrogens is 266 g/mol. The van der Waals surface area contributed by atoms with Gasteiger partial charge in [0.15, 0.2) is 0 Å². The minimum absolute atomic E-state index is 0.749. The average Bonchev–Trinajstić information content (AvgIpc) is 2.58. The monoisotopic (exact) mass is 295 g/mol. The third-order valence-electron chi connectivity index (χ3n) is 4.95. The van der Waals surface area contributed by atoms with Crippen molar-refractivity contribution >= 4 is 0 Å². The Labute approximate surface area is 136 Å². The van der Waals surface area contributed by atoms with Crippen LogP contribution in [0, 0.1) is 23.2 Å². The van der Waals surface area contributed by atoms with Gasteiger partial charge in [-0.2, -0.15) is 5.26 Å². The maximum atomic E-state index is 8.79. The molecule has 0 unspecified atom stereocenters. The third kappa shape index (κ3) is 5.68. The van der Waals surface area contributed by atoms with E-state index in [1.807, 2.05) is 12.1 Å². The van der Waals surface area contributed by atoms with Gasteiger partial charge in [0.1, 0.15) is 0 Å². The van der Waals surface area contributed by atoms with Crippen LogP contribution in [0.15, 0.2) is 36.4 Å². The van der Waals surface area contributed by atoms with Crippen LogP contribution in [-0.4, -0.2) is 0 Å². The molecule has 0 amide bonds. The van der Waals surface area contributed by atoms with Crippen molar-refractivity contribution in [1.29, 1.82) is 5.26 Å². The molecule has 1 aliphatic carbocycles. The van der Waals surface area contributed by atoms with Crippen molar-refractivity contribution in [3.05, 3.63) is 47.5 Å². The highest BCUT2D eigenvalue weighted by Crippen LogP contribution is 2.32. The Kier molecular flexibility index (Phi) is 7.23. The molecule has 0 spiro atoms. The van der Waals surface area contributed by atoms with Crippen LogP contribution in [0.4, 0.5) is 0 Å². The lowest BCUT2D eigenvalue weighted by molar-refractivity contribution is 0.290. The zero-order valence-electron chi connectivity index (χ0n) is 13.9. The lowest BCUT2D eigenvalue weighted by Gasteiger charge is -2.26. The normalized spacial score (nSPS) is 21.8. The lowest BCUT2D eigenvalue weighted by Crippen LogP contribution is -2.12. The summed E-state index contributed by atoms with van der Waals surface area (Å²) >= 11 is 0. The molecule has 0 aliphatic heterocycles. The van der Waals surface area contributed by atoms with Gasteiger partial charge in [-0.05, 0) is 68.1 Å². The van der Waals surface area contributed by atoms with Gasteiger partial charge < -0.3 is 0 Å². The first kappa shape index (κ1) is 16.8. The molecule has 0 heterocycles. The van der Waals surface area contributed by atoms with Crippen molar-refractivity contribution in [2.75, 3.05) is 0 Å². The van der Waals surface area contributed by atoms with Crippen molar-refractivity contribution < 1.29 is 0 Å². The van der Waals surface area contributed by atoms with Gasteiger partial charge in [-0.25, -0.2) is 0 Å². The Balaban J connectivity index is 1.65. The van der Waals surface area contributed by atoms with Gasteiger partial charge in [-0.15, -0.1) is 0 Å². The highest BCUT2D eigenvalue weighted by molar-refractivity contribution is 5.31. The van der Waals surface area contributed by atoms with Crippen molar-refractivity contribution in [2.45, 2.75) is 64.7 Å². The Bertz CT molecular complexity index is 484. The maximum Gasteiger partial charge on any atom is 0.0991 e. The van der Waals surface area contributed by atoms with E-state index in [1.54, 1.807) is 0 Å². The zero-order chi connectivity index (χ0) is 15.6. The Morgan fingerprint density at radius 1 is 1.14 bits per heavy atom. The molecule has 0 saturated heterocycles. The number of rotatable bonds is 7. The van der Waals surface area contributed by atoms with E-state index in [0.717, 1.165) is 30.2 Å². The number of nitriles is 1. The van der Waals surface area contributed by atoms with E-state index in [1.165, 1.54) is 50.5 Å². The predicted octanol–water partition coefficient (Wildman–Crippen LogP) is 6.04. The molecule has 0 aromatic heterocycles. The smallest absolute Gasteiger partial charge is 0.0991 e. The highest BCUT2D eigenvalue weighted by atomic mass is 14.2. The molecule has 2 rings (SSSR count). The van der Waals surface area contributed by atoms with Crippen LogP contribution in [0.1, 0.15) is 69.4 Å². The number of unbranched alkanes of at least 4 members (excludes halogenated alkanes) is 1. The largest absolute Gasteiger partial charge is 0.192 e. The van der Waals surface area contributed by atoms with Gasteiger partial charge in [0.2, 0.25) is 0 Å². The number of allylic oxidation sites excluding steroid dienone is 2. The van der Waals surface area contributed by atoms with Crippen LogP contribution in [0.3, 0.4) is 0 Å². The van der Waals surface area contributed by atoms with E-state index < -0.39 is 0 Å². The van der Waals surface area contributed by atoms with E-state index >= 15 is 0 Å². The summed E-state index contributed by atoms with van der Waals surface area (Å²) in [4.78, 5) is 0. The Morgan fingerprint density at radius 2 is 1.86 bits per heavy atom. The maximum absolute atomic E-state index is 8.79. The average molecular weight is 295 g/mol. The number of benzene rings is 1. The minimum Gasteiger partial charge on any atom is -0.192 e. The second-order valence-electron chi connectivity index (χ2n) is 6.70. The summed E-state index contributed by atoms with van der Waals surface area (Å²) in [7, 11) is 0. The van der Waals surface area contributed by atoms with Crippen LogP contribution in [0.5, 0.6) is 0 Å². The molecule has 1 aromatic carbocycles. The van der Waals surface area contributed by atoms with E-state index in [-0.39, 0.29) is 0 Å². The predicted molar refractivity (Wildman–Crippen MR) is 93.6 cm³/mol. The Morgan fingerprint density at radius 3 is 2.50 bits per heavy atom. The summed E-state index contributed by atoms with van der Waals surface area (Å²) in [6.07, 6.45) is 16.9. The number of nitrogens with zero attached hydrogens (tertiary/aromatic N) is 1. The van der Waals surface area contributed by atoms with E-state index in [0.29, 0.717) is 0 Å². The fourth-order valence-electron chi connectivity index (χ4n) is 3.45. The van der Waals surface area contributed by atoms with Crippen molar-refractivity contribution in [2.24, 2.45) is 11.8 Å². The first-order valence-electron chi connectivity index (χ1n) is 8.97. The molecule has 0 bridgehead atoms. The van der Waals surface area contributed by atoms with Gasteiger partial charge in [-0.1, -0.05) is 50.5 Å². The molecule has 0 radical (unpaired) electrons. The third-order valence-corrected chi connectivity index (χ3v) is 4.95. The van der Waals surface area contributed by atoms with Gasteiger partial charge in [0, 0.05) is 0 Å². The summed E-state index contributed by atoms with van der Waals surface area (Å²) in [5, 5.41) is 8.79. The van der Waals surface area contributed by atoms with Crippen molar-refractivity contribution in [3.63, 3.8) is 0 Å². The quantitative estimate of drug-likeness (QED) is 0.562. The molecule has 1 nitrogen and oxygen atoms in total. The van der Waals surface area contributed by atoms with Crippen molar-refractivity contribution in [1.82, 2.24) is 0 Å². The fraction of sp³-hybridized carbons (Fsp3) is 0.571. The highest BCUT2D eigenvalue weighted by Gasteiger charge is 2.18. The van der Waals surface area contributed by atoms with Crippen LogP contribution in [-0.2, 0) is 6.42 Å². The topological polar surface area (TPSA) is 23.8 Å². The van der Waals surface area contributed by atoms with E-state index in [4.69, 9.17) is 5.26 Å². The van der Waals surface area contributed by atoms with Gasteiger partial charge in [-0.3, -0.25) is 0 Å². The fourth-order valence-corrected chi connectivity index (χ4v) is 3.45. The minimum atomic E-state index is 0.749. The van der Waals surface area contributed by atoms with Crippen LogP contribution in [0.2, 0.25) is 0 Å². The van der Waals surface area contributed by atoms with E-state index in [9.17, 15) is 0 Å². The molecule has 0 atom stereocenters. The number of hydrogen-bond acceptors (Lipinski definition) is 1. The number of hydrogen-bond donors (Lipinski definition) is 0. The standard InChI is InChI=1S/C21H29N/c1-2-3-6-18-9-11-19(12-10-18)7-4-5-8-20-13-15-21(17-22)16-14-20/h4,7,13-16,18-19H,2-3,5-6,8-12H2,1H3.